The summed E-state index contributed by atoms with van der Waals surface area (Å²) in [4.78, 5) is 11.8. The summed E-state index contributed by atoms with van der Waals surface area (Å²) in [6.07, 6.45) is 0.794. The van der Waals surface area contributed by atoms with Gasteiger partial charge in [-0.1, -0.05) is 6.92 Å². The van der Waals surface area contributed by atoms with Crippen LogP contribution in [0.3, 0.4) is 0 Å². The molecule has 0 saturated carbocycles. The average molecular weight is 227 g/mol. The third kappa shape index (κ3) is 2.72. The third-order valence-electron chi connectivity index (χ3n) is 2.32. The van der Waals surface area contributed by atoms with Crippen LogP contribution in [0.2, 0.25) is 0 Å². The van der Waals surface area contributed by atoms with E-state index in [1.165, 1.54) is 0 Å². The fourth-order valence-corrected chi connectivity index (χ4v) is 1.56. The van der Waals surface area contributed by atoms with Crippen molar-refractivity contribution in [2.24, 2.45) is 0 Å². The average Bonchev–Trinajstić information content (AvgIpc) is 2.27. The lowest BCUT2D eigenvalue weighted by molar-refractivity contribution is 0.0991. The maximum atomic E-state index is 11.8. The van der Waals surface area contributed by atoms with Crippen molar-refractivity contribution in [3.63, 3.8) is 0 Å². The number of Topliss-reactive ketones (excluding diaryl/α,β-unsaturated/α-hetero) is 1. The van der Waals surface area contributed by atoms with Gasteiger partial charge in [-0.05, 0) is 37.1 Å². The van der Waals surface area contributed by atoms with Crippen LogP contribution in [0.4, 0.5) is 0 Å². The Labute approximate surface area is 95.2 Å². The molecule has 0 aromatic heterocycles. The van der Waals surface area contributed by atoms with Crippen LogP contribution in [0.5, 0.6) is 5.75 Å². The van der Waals surface area contributed by atoms with Gasteiger partial charge >= 0.3 is 0 Å². The first kappa shape index (κ1) is 12.1. The SMILES string of the molecule is CCc1cc(OC)ccc1C(=O)C(C)Cl. The van der Waals surface area contributed by atoms with Crippen LogP contribution in [-0.2, 0) is 6.42 Å². The number of aryl methyl sites for hydroxylation is 1. The van der Waals surface area contributed by atoms with Gasteiger partial charge in [-0.15, -0.1) is 11.6 Å². The summed E-state index contributed by atoms with van der Waals surface area (Å²) in [5.41, 5.74) is 1.67. The van der Waals surface area contributed by atoms with Crippen LogP contribution in [0.25, 0.3) is 0 Å². The maximum absolute atomic E-state index is 11.8. The lowest BCUT2D eigenvalue weighted by Crippen LogP contribution is -2.12. The van der Waals surface area contributed by atoms with Crippen molar-refractivity contribution >= 4 is 17.4 Å². The lowest BCUT2D eigenvalue weighted by Gasteiger charge is -2.10. The van der Waals surface area contributed by atoms with Crippen molar-refractivity contribution < 1.29 is 9.53 Å². The number of rotatable bonds is 4. The Morgan fingerprint density at radius 3 is 2.67 bits per heavy atom. The van der Waals surface area contributed by atoms with Gasteiger partial charge in [-0.3, -0.25) is 4.79 Å². The van der Waals surface area contributed by atoms with Gasteiger partial charge < -0.3 is 4.74 Å². The number of hydrogen-bond donors (Lipinski definition) is 0. The molecule has 1 atom stereocenters. The molecule has 1 rings (SSSR count). The van der Waals surface area contributed by atoms with Crippen molar-refractivity contribution in [3.05, 3.63) is 29.3 Å². The fourth-order valence-electron chi connectivity index (χ4n) is 1.44. The van der Waals surface area contributed by atoms with Gasteiger partial charge in [0.15, 0.2) is 5.78 Å². The minimum Gasteiger partial charge on any atom is -0.497 e. The molecule has 0 saturated heterocycles. The molecular formula is C12H15ClO2. The van der Waals surface area contributed by atoms with E-state index in [2.05, 4.69) is 0 Å². The second-order valence-electron chi connectivity index (χ2n) is 3.36. The molecule has 82 valence electrons. The first-order valence-electron chi connectivity index (χ1n) is 4.95. The van der Waals surface area contributed by atoms with Crippen molar-refractivity contribution in [2.75, 3.05) is 7.11 Å². The molecule has 1 aromatic rings. The number of methoxy groups -OCH3 is 1. The Bertz CT molecular complexity index is 359. The summed E-state index contributed by atoms with van der Waals surface area (Å²) < 4.78 is 5.11. The summed E-state index contributed by atoms with van der Waals surface area (Å²) in [6, 6.07) is 5.44. The number of alkyl halides is 1. The van der Waals surface area contributed by atoms with E-state index in [9.17, 15) is 4.79 Å². The third-order valence-corrected chi connectivity index (χ3v) is 2.52. The molecule has 0 aliphatic heterocycles. The molecule has 15 heavy (non-hydrogen) atoms. The van der Waals surface area contributed by atoms with Gasteiger partial charge in [-0.25, -0.2) is 0 Å². The molecule has 0 N–H and O–H groups in total. The van der Waals surface area contributed by atoms with E-state index >= 15 is 0 Å². The fraction of sp³-hybridized carbons (Fsp3) is 0.417. The second kappa shape index (κ2) is 5.17. The van der Waals surface area contributed by atoms with Crippen LogP contribution in [-0.4, -0.2) is 18.3 Å². The Morgan fingerprint density at radius 1 is 1.53 bits per heavy atom. The normalized spacial score (nSPS) is 12.3. The minimum absolute atomic E-state index is 0.0313. The van der Waals surface area contributed by atoms with Crippen molar-refractivity contribution in [1.82, 2.24) is 0 Å². The number of ketones is 1. The predicted octanol–water partition coefficient (Wildman–Crippen LogP) is 3.07. The van der Waals surface area contributed by atoms with Gasteiger partial charge in [0.1, 0.15) is 5.75 Å². The second-order valence-corrected chi connectivity index (χ2v) is 4.01. The highest BCUT2D eigenvalue weighted by atomic mass is 35.5. The zero-order valence-electron chi connectivity index (χ0n) is 9.21. The van der Waals surface area contributed by atoms with E-state index in [1.54, 1.807) is 26.2 Å². The Morgan fingerprint density at radius 2 is 2.20 bits per heavy atom. The molecule has 3 heteroatoms. The molecule has 0 aliphatic carbocycles. The van der Waals surface area contributed by atoms with Crippen LogP contribution < -0.4 is 4.74 Å². The summed E-state index contributed by atoms with van der Waals surface area (Å²) in [5.74, 6) is 0.738. The monoisotopic (exact) mass is 226 g/mol. The molecule has 0 fully saturated rings. The largest absolute Gasteiger partial charge is 0.497 e. The van der Waals surface area contributed by atoms with Gasteiger partial charge in [-0.2, -0.15) is 0 Å². The van der Waals surface area contributed by atoms with Crippen LogP contribution in [0, 0.1) is 0 Å². The summed E-state index contributed by atoms with van der Waals surface area (Å²) in [6.45, 7) is 3.69. The van der Waals surface area contributed by atoms with Gasteiger partial charge in [0.25, 0.3) is 0 Å². The van der Waals surface area contributed by atoms with Crippen molar-refractivity contribution in [1.29, 1.82) is 0 Å². The number of halogens is 1. The summed E-state index contributed by atoms with van der Waals surface area (Å²) in [5, 5.41) is -0.483. The minimum atomic E-state index is -0.483. The van der Waals surface area contributed by atoms with Crippen LogP contribution >= 0.6 is 11.6 Å². The molecule has 0 aliphatic rings. The molecule has 0 amide bonds. The Hall–Kier alpha value is -1.02. The smallest absolute Gasteiger partial charge is 0.180 e. The molecule has 1 aromatic carbocycles. The topological polar surface area (TPSA) is 26.3 Å². The van der Waals surface area contributed by atoms with Crippen LogP contribution in [0.1, 0.15) is 29.8 Å². The first-order chi connectivity index (χ1) is 7.10. The highest BCUT2D eigenvalue weighted by Crippen LogP contribution is 2.20. The van der Waals surface area contributed by atoms with E-state index in [-0.39, 0.29) is 5.78 Å². The highest BCUT2D eigenvalue weighted by Gasteiger charge is 2.15. The zero-order valence-corrected chi connectivity index (χ0v) is 9.97. The van der Waals surface area contributed by atoms with E-state index in [0.717, 1.165) is 17.7 Å². The predicted molar refractivity (Wildman–Crippen MR) is 62.0 cm³/mol. The van der Waals surface area contributed by atoms with Crippen molar-refractivity contribution in [2.45, 2.75) is 25.6 Å². The quantitative estimate of drug-likeness (QED) is 0.583. The van der Waals surface area contributed by atoms with Crippen LogP contribution in [0.15, 0.2) is 18.2 Å². The van der Waals surface area contributed by atoms with E-state index in [1.807, 2.05) is 13.0 Å². The number of ether oxygens (including phenoxy) is 1. The number of hydrogen-bond acceptors (Lipinski definition) is 2. The van der Waals surface area contributed by atoms with E-state index in [0.29, 0.717) is 5.56 Å². The lowest BCUT2D eigenvalue weighted by atomic mass is 10.00. The Kier molecular flexibility index (Phi) is 4.15. The highest BCUT2D eigenvalue weighted by molar-refractivity contribution is 6.33. The van der Waals surface area contributed by atoms with E-state index < -0.39 is 5.38 Å². The molecule has 0 spiro atoms. The van der Waals surface area contributed by atoms with Gasteiger partial charge in [0, 0.05) is 5.56 Å². The summed E-state index contributed by atoms with van der Waals surface area (Å²) >= 11 is 5.78. The first-order valence-corrected chi connectivity index (χ1v) is 5.39. The standard InChI is InChI=1S/C12H15ClO2/c1-4-9-7-10(15-3)5-6-11(9)12(14)8(2)13/h5-8H,4H2,1-3H3. The maximum Gasteiger partial charge on any atom is 0.180 e. The number of benzene rings is 1. The molecule has 0 bridgehead atoms. The molecule has 1 unspecified atom stereocenters. The molecule has 2 nitrogen and oxygen atoms in total. The zero-order chi connectivity index (χ0) is 11.4. The van der Waals surface area contributed by atoms with E-state index in [4.69, 9.17) is 16.3 Å². The Balaban J connectivity index is 3.13. The van der Waals surface area contributed by atoms with Gasteiger partial charge in [0.2, 0.25) is 0 Å². The van der Waals surface area contributed by atoms with Gasteiger partial charge in [0.05, 0.1) is 12.5 Å². The molecule has 0 radical (unpaired) electrons. The summed E-state index contributed by atoms with van der Waals surface area (Å²) in [7, 11) is 1.61. The molecular weight excluding hydrogens is 212 g/mol. The number of carbonyl (C=O) groups excluding carboxylic acids is 1. The molecule has 0 heterocycles. The number of carbonyl (C=O) groups is 1. The van der Waals surface area contributed by atoms with Crippen molar-refractivity contribution in [3.8, 4) is 5.75 Å².